The Bertz CT molecular complexity index is 1110. The number of benzene rings is 2. The second-order valence-electron chi connectivity index (χ2n) is 7.91. The zero-order valence-electron chi connectivity index (χ0n) is 16.8. The molecule has 0 radical (unpaired) electrons. The van der Waals surface area contributed by atoms with Crippen molar-refractivity contribution in [2.75, 3.05) is 29.4 Å². The molecule has 29 heavy (non-hydrogen) atoms. The highest BCUT2D eigenvalue weighted by atomic mass is 32.2. The number of nitrogens with one attached hydrogen (secondary N) is 3. The third kappa shape index (κ3) is 5.07. The fraction of sp³-hybridized carbons (Fsp3) is 0.381. The molecule has 0 amide bonds. The first-order valence-corrected chi connectivity index (χ1v) is 11.7. The number of likely N-dealkylation sites (tertiary alicyclic amines) is 1. The maximum absolute atomic E-state index is 11.6. The van der Waals surface area contributed by atoms with E-state index in [1.807, 2.05) is 31.3 Å². The van der Waals surface area contributed by atoms with Crippen LogP contribution in [-0.4, -0.2) is 48.9 Å². The molecule has 7 nitrogen and oxygen atoms in total. The van der Waals surface area contributed by atoms with Gasteiger partial charge >= 0.3 is 0 Å². The predicted molar refractivity (Wildman–Crippen MR) is 118 cm³/mol. The Labute approximate surface area is 171 Å². The number of fused-ring (bicyclic) bond motifs is 1. The molecule has 3 N–H and O–H groups in total. The Morgan fingerprint density at radius 3 is 2.93 bits per heavy atom. The van der Waals surface area contributed by atoms with Crippen molar-refractivity contribution < 1.29 is 8.42 Å². The van der Waals surface area contributed by atoms with Gasteiger partial charge in [0, 0.05) is 30.2 Å². The quantitative estimate of drug-likeness (QED) is 0.577. The van der Waals surface area contributed by atoms with E-state index in [4.69, 9.17) is 0 Å². The van der Waals surface area contributed by atoms with E-state index in [0.717, 1.165) is 60.2 Å². The van der Waals surface area contributed by atoms with Crippen LogP contribution in [0, 0.1) is 6.92 Å². The Kier molecular flexibility index (Phi) is 5.47. The van der Waals surface area contributed by atoms with E-state index < -0.39 is 10.0 Å². The van der Waals surface area contributed by atoms with Gasteiger partial charge in [-0.15, -0.1) is 0 Å². The minimum Gasteiger partial charge on any atom is -0.381 e. The fourth-order valence-corrected chi connectivity index (χ4v) is 4.54. The molecule has 8 heteroatoms. The first kappa shape index (κ1) is 19.7. The monoisotopic (exact) mass is 413 g/mol. The fourth-order valence-electron chi connectivity index (χ4n) is 3.92. The Morgan fingerprint density at radius 1 is 1.24 bits per heavy atom. The number of aromatic nitrogens is 2. The number of rotatable bonds is 6. The maximum atomic E-state index is 11.6. The highest BCUT2D eigenvalue weighted by Gasteiger charge is 2.20. The maximum Gasteiger partial charge on any atom is 0.229 e. The van der Waals surface area contributed by atoms with Crippen LogP contribution in [0.15, 0.2) is 42.6 Å². The molecule has 0 saturated carbocycles. The van der Waals surface area contributed by atoms with E-state index in [9.17, 15) is 8.42 Å². The van der Waals surface area contributed by atoms with E-state index in [1.54, 1.807) is 0 Å². The second-order valence-corrected chi connectivity index (χ2v) is 9.66. The molecule has 2 aromatic carbocycles. The predicted octanol–water partition coefficient (Wildman–Crippen LogP) is 3.32. The highest BCUT2D eigenvalue weighted by Crippen LogP contribution is 2.23. The van der Waals surface area contributed by atoms with Crippen LogP contribution >= 0.6 is 0 Å². The molecule has 1 aliphatic rings. The third-order valence-electron chi connectivity index (χ3n) is 5.32. The molecule has 0 spiro atoms. The lowest BCUT2D eigenvalue weighted by Gasteiger charge is -2.34. The SMILES string of the molecule is Cc1ccc(CN2CCC[C@@H](Nc3ccc4[nH]ncc4c3)C2)cc1NS(C)(=O)=O. The summed E-state index contributed by atoms with van der Waals surface area (Å²) < 4.78 is 25.8. The number of hydrogen-bond acceptors (Lipinski definition) is 5. The van der Waals surface area contributed by atoms with Crippen LogP contribution < -0.4 is 10.0 Å². The number of aryl methyl sites for hydroxylation is 1. The van der Waals surface area contributed by atoms with Gasteiger partial charge in [0.25, 0.3) is 0 Å². The van der Waals surface area contributed by atoms with Crippen molar-refractivity contribution in [1.29, 1.82) is 0 Å². The van der Waals surface area contributed by atoms with Gasteiger partial charge in [-0.2, -0.15) is 5.10 Å². The average molecular weight is 414 g/mol. The highest BCUT2D eigenvalue weighted by molar-refractivity contribution is 7.92. The topological polar surface area (TPSA) is 90.1 Å². The van der Waals surface area contributed by atoms with Gasteiger partial charge in [0.15, 0.2) is 0 Å². The zero-order valence-corrected chi connectivity index (χ0v) is 17.6. The minimum absolute atomic E-state index is 0.382. The summed E-state index contributed by atoms with van der Waals surface area (Å²) >= 11 is 0. The molecule has 1 saturated heterocycles. The van der Waals surface area contributed by atoms with Crippen molar-refractivity contribution in [2.24, 2.45) is 0 Å². The molecule has 1 aromatic heterocycles. The van der Waals surface area contributed by atoms with Crippen LogP contribution in [0.25, 0.3) is 10.9 Å². The number of H-pyrrole nitrogens is 1. The van der Waals surface area contributed by atoms with Gasteiger partial charge in [-0.25, -0.2) is 8.42 Å². The van der Waals surface area contributed by atoms with E-state index >= 15 is 0 Å². The molecule has 0 aliphatic carbocycles. The summed E-state index contributed by atoms with van der Waals surface area (Å²) in [5, 5.41) is 11.8. The van der Waals surface area contributed by atoms with Crippen LogP contribution in [0.4, 0.5) is 11.4 Å². The number of nitrogens with zero attached hydrogens (tertiary/aromatic N) is 2. The third-order valence-corrected chi connectivity index (χ3v) is 5.91. The second kappa shape index (κ2) is 8.04. The normalized spacial score (nSPS) is 18.1. The van der Waals surface area contributed by atoms with Gasteiger partial charge < -0.3 is 5.32 Å². The summed E-state index contributed by atoms with van der Waals surface area (Å²) in [5.74, 6) is 0. The van der Waals surface area contributed by atoms with Crippen molar-refractivity contribution in [2.45, 2.75) is 32.4 Å². The number of aromatic amines is 1. The Balaban J connectivity index is 1.41. The van der Waals surface area contributed by atoms with Crippen LogP contribution in [0.5, 0.6) is 0 Å². The van der Waals surface area contributed by atoms with Gasteiger partial charge in [-0.05, 0) is 61.7 Å². The van der Waals surface area contributed by atoms with Crippen molar-refractivity contribution in [3.05, 3.63) is 53.7 Å². The molecule has 4 rings (SSSR count). The minimum atomic E-state index is -3.28. The van der Waals surface area contributed by atoms with Crippen LogP contribution in [0.1, 0.15) is 24.0 Å². The summed E-state index contributed by atoms with van der Waals surface area (Å²) in [5.41, 5.74) is 4.85. The first-order valence-electron chi connectivity index (χ1n) is 9.85. The molecule has 1 aliphatic heterocycles. The lowest BCUT2D eigenvalue weighted by atomic mass is 10.0. The molecule has 1 fully saturated rings. The smallest absolute Gasteiger partial charge is 0.229 e. The molecule has 154 valence electrons. The van der Waals surface area contributed by atoms with E-state index in [2.05, 4.69) is 43.3 Å². The van der Waals surface area contributed by atoms with Crippen LogP contribution in [0.2, 0.25) is 0 Å². The van der Waals surface area contributed by atoms with Crippen LogP contribution in [-0.2, 0) is 16.6 Å². The Morgan fingerprint density at radius 2 is 2.10 bits per heavy atom. The molecule has 2 heterocycles. The summed E-state index contributed by atoms with van der Waals surface area (Å²) in [7, 11) is -3.28. The average Bonchev–Trinajstić information content (AvgIpc) is 3.11. The summed E-state index contributed by atoms with van der Waals surface area (Å²) in [6.45, 7) is 4.71. The van der Waals surface area contributed by atoms with Crippen molar-refractivity contribution in [1.82, 2.24) is 15.1 Å². The number of anilines is 2. The Hall–Kier alpha value is -2.58. The largest absolute Gasteiger partial charge is 0.381 e. The van der Waals surface area contributed by atoms with E-state index in [1.165, 1.54) is 6.26 Å². The number of piperidine rings is 1. The van der Waals surface area contributed by atoms with E-state index in [0.29, 0.717) is 11.7 Å². The molecular weight excluding hydrogens is 386 g/mol. The zero-order chi connectivity index (χ0) is 20.4. The van der Waals surface area contributed by atoms with Crippen LogP contribution in [0.3, 0.4) is 0 Å². The van der Waals surface area contributed by atoms with Crippen molar-refractivity contribution in [3.63, 3.8) is 0 Å². The molecular formula is C21H27N5O2S. The molecule has 3 aromatic rings. The number of hydrogen-bond donors (Lipinski definition) is 3. The molecule has 1 atom stereocenters. The summed E-state index contributed by atoms with van der Waals surface area (Å²) in [4.78, 5) is 2.42. The first-order chi connectivity index (χ1) is 13.9. The molecule has 0 bridgehead atoms. The lowest BCUT2D eigenvalue weighted by Crippen LogP contribution is -2.41. The van der Waals surface area contributed by atoms with Gasteiger partial charge in [0.05, 0.1) is 23.7 Å². The van der Waals surface area contributed by atoms with E-state index in [-0.39, 0.29) is 0 Å². The van der Waals surface area contributed by atoms with Crippen molar-refractivity contribution in [3.8, 4) is 0 Å². The summed E-state index contributed by atoms with van der Waals surface area (Å²) in [6.07, 6.45) is 5.29. The standard InChI is InChI=1S/C21H27N5O2S/c1-15-5-6-16(10-21(15)25-29(2,27)28)13-26-9-3-4-19(14-26)23-18-7-8-20-17(11-18)12-22-24-20/h5-8,10-12,19,23,25H,3-4,9,13-14H2,1-2H3,(H,22,24)/t19-/m1/s1. The lowest BCUT2D eigenvalue weighted by molar-refractivity contribution is 0.208. The summed E-state index contributed by atoms with van der Waals surface area (Å²) in [6, 6.07) is 12.6. The van der Waals surface area contributed by atoms with Gasteiger partial charge in [-0.3, -0.25) is 14.7 Å². The van der Waals surface area contributed by atoms with Crippen molar-refractivity contribution >= 4 is 32.3 Å². The number of sulfonamides is 1. The van der Waals surface area contributed by atoms with Gasteiger partial charge in [-0.1, -0.05) is 12.1 Å². The van der Waals surface area contributed by atoms with Gasteiger partial charge in [0.2, 0.25) is 10.0 Å². The molecule has 0 unspecified atom stereocenters. The van der Waals surface area contributed by atoms with Gasteiger partial charge in [0.1, 0.15) is 0 Å².